The number of nitrogens with zero attached hydrogens (tertiary/aromatic N) is 2. The standard InChI is InChI=1S/C18H25N3O2/c1-3-8-19-18(22)21-9-7-15-12-20(10-11-23-2)16-6-4-5-14(13-21)17(15)16/h4-6,12H,3,7-11,13H2,1-2H3,(H,19,22). The van der Waals surface area contributed by atoms with Crippen molar-refractivity contribution >= 4 is 16.9 Å². The van der Waals surface area contributed by atoms with Gasteiger partial charge in [-0.3, -0.25) is 0 Å². The Labute approximate surface area is 137 Å². The zero-order valence-corrected chi connectivity index (χ0v) is 14.0. The van der Waals surface area contributed by atoms with Gasteiger partial charge in [0, 0.05) is 50.4 Å². The summed E-state index contributed by atoms with van der Waals surface area (Å²) in [5, 5.41) is 4.30. The molecular formula is C18H25N3O2. The largest absolute Gasteiger partial charge is 0.383 e. The molecular weight excluding hydrogens is 290 g/mol. The number of nitrogens with one attached hydrogen (secondary N) is 1. The van der Waals surface area contributed by atoms with E-state index in [1.807, 2.05) is 4.90 Å². The van der Waals surface area contributed by atoms with Crippen molar-refractivity contribution in [2.75, 3.05) is 26.8 Å². The maximum absolute atomic E-state index is 12.3. The van der Waals surface area contributed by atoms with Gasteiger partial charge in [-0.25, -0.2) is 4.79 Å². The molecule has 0 saturated carbocycles. The van der Waals surface area contributed by atoms with Gasteiger partial charge in [-0.1, -0.05) is 19.1 Å². The van der Waals surface area contributed by atoms with Crippen LogP contribution in [0.4, 0.5) is 4.79 Å². The molecule has 124 valence electrons. The molecule has 2 amide bonds. The van der Waals surface area contributed by atoms with Crippen LogP contribution in [0.3, 0.4) is 0 Å². The normalized spacial score (nSPS) is 14.1. The van der Waals surface area contributed by atoms with Crippen LogP contribution in [0, 0.1) is 0 Å². The number of urea groups is 1. The highest BCUT2D eigenvalue weighted by atomic mass is 16.5. The molecule has 3 rings (SSSR count). The van der Waals surface area contributed by atoms with Crippen molar-refractivity contribution < 1.29 is 9.53 Å². The molecule has 0 bridgehead atoms. The first kappa shape index (κ1) is 15.9. The molecule has 1 aromatic carbocycles. The highest BCUT2D eigenvalue weighted by Gasteiger charge is 2.21. The molecule has 1 aliphatic rings. The van der Waals surface area contributed by atoms with Crippen molar-refractivity contribution in [3.8, 4) is 0 Å². The molecule has 0 atom stereocenters. The van der Waals surface area contributed by atoms with Crippen molar-refractivity contribution in [1.82, 2.24) is 14.8 Å². The minimum atomic E-state index is 0.0428. The summed E-state index contributed by atoms with van der Waals surface area (Å²) in [6.07, 6.45) is 4.08. The molecule has 1 aliphatic heterocycles. The van der Waals surface area contributed by atoms with Gasteiger partial charge in [0.05, 0.1) is 6.61 Å². The highest BCUT2D eigenvalue weighted by Crippen LogP contribution is 2.29. The fourth-order valence-corrected chi connectivity index (χ4v) is 3.27. The second-order valence-corrected chi connectivity index (χ2v) is 6.06. The van der Waals surface area contributed by atoms with Crippen LogP contribution in [0.15, 0.2) is 24.4 Å². The van der Waals surface area contributed by atoms with Crippen molar-refractivity contribution in [2.24, 2.45) is 0 Å². The molecule has 0 aliphatic carbocycles. The highest BCUT2D eigenvalue weighted by molar-refractivity contribution is 5.88. The van der Waals surface area contributed by atoms with Crippen LogP contribution in [0.25, 0.3) is 10.9 Å². The maximum Gasteiger partial charge on any atom is 0.317 e. The number of carbonyl (C=O) groups excluding carboxylic acids is 1. The monoisotopic (exact) mass is 315 g/mol. The second-order valence-electron chi connectivity index (χ2n) is 6.06. The van der Waals surface area contributed by atoms with Crippen LogP contribution in [0.2, 0.25) is 0 Å². The molecule has 5 heteroatoms. The predicted molar refractivity (Wildman–Crippen MR) is 91.6 cm³/mol. The Kier molecular flexibility index (Phi) is 4.86. The van der Waals surface area contributed by atoms with E-state index < -0.39 is 0 Å². The number of carbonyl (C=O) groups is 1. The van der Waals surface area contributed by atoms with E-state index in [1.54, 1.807) is 7.11 Å². The lowest BCUT2D eigenvalue weighted by atomic mass is 10.1. The summed E-state index contributed by atoms with van der Waals surface area (Å²) in [5.74, 6) is 0. The van der Waals surface area contributed by atoms with E-state index in [0.29, 0.717) is 13.2 Å². The summed E-state index contributed by atoms with van der Waals surface area (Å²) in [6, 6.07) is 6.42. The molecule has 2 aromatic rings. The van der Waals surface area contributed by atoms with Crippen LogP contribution < -0.4 is 5.32 Å². The van der Waals surface area contributed by atoms with Crippen LogP contribution in [-0.2, 0) is 24.2 Å². The first-order valence-corrected chi connectivity index (χ1v) is 8.36. The third-order valence-corrected chi connectivity index (χ3v) is 4.43. The van der Waals surface area contributed by atoms with E-state index in [2.05, 4.69) is 41.2 Å². The van der Waals surface area contributed by atoms with Gasteiger partial charge in [0.2, 0.25) is 0 Å². The number of hydrogen-bond donors (Lipinski definition) is 1. The topological polar surface area (TPSA) is 46.5 Å². The molecule has 0 radical (unpaired) electrons. The lowest BCUT2D eigenvalue weighted by Crippen LogP contribution is -2.40. The molecule has 0 fully saturated rings. The summed E-state index contributed by atoms with van der Waals surface area (Å²) >= 11 is 0. The van der Waals surface area contributed by atoms with Crippen LogP contribution in [0.1, 0.15) is 24.5 Å². The minimum Gasteiger partial charge on any atom is -0.383 e. The molecule has 0 spiro atoms. The number of aromatic nitrogens is 1. The van der Waals surface area contributed by atoms with Crippen molar-refractivity contribution in [3.05, 3.63) is 35.5 Å². The third-order valence-electron chi connectivity index (χ3n) is 4.43. The molecule has 1 aromatic heterocycles. The molecule has 0 unspecified atom stereocenters. The van der Waals surface area contributed by atoms with Crippen LogP contribution in [-0.4, -0.2) is 42.3 Å². The molecule has 5 nitrogen and oxygen atoms in total. The lowest BCUT2D eigenvalue weighted by Gasteiger charge is -2.21. The SMILES string of the molecule is CCCNC(=O)N1CCc2cn(CCOC)c3cccc(c23)C1. The average Bonchev–Trinajstić information content (AvgIpc) is 2.81. The van der Waals surface area contributed by atoms with E-state index in [-0.39, 0.29) is 6.03 Å². The number of hydrogen-bond acceptors (Lipinski definition) is 2. The Hall–Kier alpha value is -2.01. The zero-order chi connectivity index (χ0) is 16.2. The van der Waals surface area contributed by atoms with Crippen molar-refractivity contribution in [3.63, 3.8) is 0 Å². The van der Waals surface area contributed by atoms with Gasteiger partial charge in [0.1, 0.15) is 0 Å². The smallest absolute Gasteiger partial charge is 0.317 e. The van der Waals surface area contributed by atoms with E-state index >= 15 is 0 Å². The van der Waals surface area contributed by atoms with Gasteiger partial charge in [0.25, 0.3) is 0 Å². The number of ether oxygens (including phenoxy) is 1. The van der Waals surface area contributed by atoms with Gasteiger partial charge in [-0.05, 0) is 30.0 Å². The van der Waals surface area contributed by atoms with Gasteiger partial charge in [-0.2, -0.15) is 0 Å². The summed E-state index contributed by atoms with van der Waals surface area (Å²) in [4.78, 5) is 14.2. The number of amides is 2. The van der Waals surface area contributed by atoms with Gasteiger partial charge >= 0.3 is 6.03 Å². The van der Waals surface area contributed by atoms with E-state index in [9.17, 15) is 4.79 Å². The average molecular weight is 315 g/mol. The van der Waals surface area contributed by atoms with E-state index in [4.69, 9.17) is 4.74 Å². The van der Waals surface area contributed by atoms with Crippen LogP contribution in [0.5, 0.6) is 0 Å². The van der Waals surface area contributed by atoms with E-state index in [0.717, 1.165) is 32.5 Å². The number of benzene rings is 1. The fourth-order valence-electron chi connectivity index (χ4n) is 3.27. The van der Waals surface area contributed by atoms with Gasteiger partial charge < -0.3 is 19.5 Å². The Morgan fingerprint density at radius 2 is 2.22 bits per heavy atom. The molecule has 1 N–H and O–H groups in total. The first-order valence-electron chi connectivity index (χ1n) is 8.36. The molecule has 2 heterocycles. The third kappa shape index (κ3) is 3.20. The quantitative estimate of drug-likeness (QED) is 0.922. The van der Waals surface area contributed by atoms with E-state index in [1.165, 1.54) is 22.0 Å². The number of methoxy groups -OCH3 is 1. The Balaban J connectivity index is 1.89. The molecule has 23 heavy (non-hydrogen) atoms. The van der Waals surface area contributed by atoms with Crippen LogP contribution >= 0.6 is 0 Å². The molecule has 0 saturated heterocycles. The Morgan fingerprint density at radius 3 is 3.00 bits per heavy atom. The van der Waals surface area contributed by atoms with Gasteiger partial charge in [0.15, 0.2) is 0 Å². The second kappa shape index (κ2) is 7.04. The summed E-state index contributed by atoms with van der Waals surface area (Å²) in [7, 11) is 1.73. The van der Waals surface area contributed by atoms with Crippen molar-refractivity contribution in [1.29, 1.82) is 0 Å². The minimum absolute atomic E-state index is 0.0428. The maximum atomic E-state index is 12.3. The fraction of sp³-hybridized carbons (Fsp3) is 0.500. The summed E-state index contributed by atoms with van der Waals surface area (Å²) < 4.78 is 7.48. The van der Waals surface area contributed by atoms with Crippen molar-refractivity contribution in [2.45, 2.75) is 32.9 Å². The summed E-state index contributed by atoms with van der Waals surface area (Å²) in [6.45, 7) is 5.80. The lowest BCUT2D eigenvalue weighted by molar-refractivity contribution is 0.188. The zero-order valence-electron chi connectivity index (χ0n) is 14.0. The Bertz CT molecular complexity index is 693. The van der Waals surface area contributed by atoms with Gasteiger partial charge in [-0.15, -0.1) is 0 Å². The Morgan fingerprint density at radius 1 is 1.35 bits per heavy atom. The predicted octanol–water partition coefficient (Wildman–Crippen LogP) is 2.77. The number of rotatable bonds is 5. The summed E-state index contributed by atoms with van der Waals surface area (Å²) in [5.41, 5.74) is 3.81. The first-order chi connectivity index (χ1) is 11.2.